The molecule has 130 valence electrons. The first-order chi connectivity index (χ1) is 12.7. The monoisotopic (exact) mass is 345 g/mol. The van der Waals surface area contributed by atoms with Gasteiger partial charge in [-0.25, -0.2) is 0 Å². The molecule has 5 rings (SSSR count). The standard InChI is InChI=1S/C22H19NO3/c24-21(14-6-2-1-3-7-14)15-8-4-5-9-16(15)22(25)23-12-17-18(13-23)20-11-10-19(17)26-20/h1-11,17-20H,12-13H2/t17-,18+,19-,20-/m1/s1. The Hall–Kier alpha value is -2.72. The van der Waals surface area contributed by atoms with Crippen LogP contribution in [0.2, 0.25) is 0 Å². The number of ketones is 1. The molecule has 0 aromatic heterocycles. The Bertz CT molecular complexity index is 885. The molecule has 2 aromatic rings. The lowest BCUT2D eigenvalue weighted by Crippen LogP contribution is -2.32. The van der Waals surface area contributed by atoms with E-state index in [-0.39, 0.29) is 23.9 Å². The van der Waals surface area contributed by atoms with Crippen molar-refractivity contribution in [1.29, 1.82) is 0 Å². The van der Waals surface area contributed by atoms with Crippen molar-refractivity contribution in [3.05, 3.63) is 83.4 Å². The minimum atomic E-state index is -0.112. The van der Waals surface area contributed by atoms with Gasteiger partial charge in [-0.3, -0.25) is 9.59 Å². The molecule has 1 amide bonds. The Morgan fingerprint density at radius 1 is 0.808 bits per heavy atom. The molecule has 3 heterocycles. The maximum absolute atomic E-state index is 13.2. The van der Waals surface area contributed by atoms with Gasteiger partial charge < -0.3 is 9.64 Å². The van der Waals surface area contributed by atoms with Crippen LogP contribution in [-0.4, -0.2) is 41.9 Å². The zero-order valence-corrected chi connectivity index (χ0v) is 14.2. The van der Waals surface area contributed by atoms with Crippen molar-refractivity contribution in [3.63, 3.8) is 0 Å². The molecule has 2 aromatic carbocycles. The van der Waals surface area contributed by atoms with Crippen LogP contribution in [0, 0.1) is 11.8 Å². The smallest absolute Gasteiger partial charge is 0.254 e. The summed E-state index contributed by atoms with van der Waals surface area (Å²) in [6.07, 6.45) is 4.52. The average Bonchev–Trinajstić information content (AvgIpc) is 3.40. The van der Waals surface area contributed by atoms with Crippen LogP contribution in [0.1, 0.15) is 26.3 Å². The van der Waals surface area contributed by atoms with Crippen LogP contribution < -0.4 is 0 Å². The molecule has 2 bridgehead atoms. The summed E-state index contributed by atoms with van der Waals surface area (Å²) in [6, 6.07) is 16.2. The van der Waals surface area contributed by atoms with Crippen LogP contribution in [0.4, 0.5) is 0 Å². The number of likely N-dealkylation sites (tertiary alicyclic amines) is 1. The third-order valence-corrected chi connectivity index (χ3v) is 5.79. The van der Waals surface area contributed by atoms with Gasteiger partial charge in [0, 0.05) is 36.1 Å². The van der Waals surface area contributed by atoms with Gasteiger partial charge in [0.15, 0.2) is 5.78 Å². The first kappa shape index (κ1) is 15.5. The molecule has 3 aliphatic rings. The molecule has 2 saturated heterocycles. The molecule has 3 aliphatic heterocycles. The quantitative estimate of drug-likeness (QED) is 0.635. The van der Waals surface area contributed by atoms with Gasteiger partial charge in [0.2, 0.25) is 0 Å². The van der Waals surface area contributed by atoms with E-state index in [1.807, 2.05) is 35.2 Å². The van der Waals surface area contributed by atoms with E-state index in [0.29, 0.717) is 41.6 Å². The fourth-order valence-electron chi connectivity index (χ4n) is 4.48. The van der Waals surface area contributed by atoms with Crippen molar-refractivity contribution < 1.29 is 14.3 Å². The molecular formula is C22H19NO3. The Balaban J connectivity index is 1.43. The fraction of sp³-hybridized carbons (Fsp3) is 0.273. The fourth-order valence-corrected chi connectivity index (χ4v) is 4.48. The van der Waals surface area contributed by atoms with E-state index in [0.717, 1.165) is 0 Å². The molecule has 4 heteroatoms. The molecule has 0 unspecified atom stereocenters. The maximum atomic E-state index is 13.2. The number of nitrogens with zero attached hydrogens (tertiary/aromatic N) is 1. The third-order valence-electron chi connectivity index (χ3n) is 5.79. The number of ether oxygens (including phenoxy) is 1. The summed E-state index contributed by atoms with van der Waals surface area (Å²) < 4.78 is 5.89. The van der Waals surface area contributed by atoms with E-state index in [1.165, 1.54) is 0 Å². The van der Waals surface area contributed by atoms with Crippen LogP contribution in [0.3, 0.4) is 0 Å². The van der Waals surface area contributed by atoms with Crippen molar-refractivity contribution in [3.8, 4) is 0 Å². The number of carbonyl (C=O) groups excluding carboxylic acids is 2. The topological polar surface area (TPSA) is 46.6 Å². The number of benzene rings is 2. The molecule has 4 nitrogen and oxygen atoms in total. The first-order valence-corrected chi connectivity index (χ1v) is 9.04. The van der Waals surface area contributed by atoms with Crippen molar-refractivity contribution >= 4 is 11.7 Å². The second kappa shape index (κ2) is 5.92. The summed E-state index contributed by atoms with van der Waals surface area (Å²) in [4.78, 5) is 28.0. The number of carbonyl (C=O) groups is 2. The SMILES string of the molecule is O=C(c1ccccc1)c1ccccc1C(=O)N1C[C@@H]2[C@H](C1)[C@H]1C=C[C@H]2O1. The van der Waals surface area contributed by atoms with Gasteiger partial charge in [0.05, 0.1) is 17.8 Å². The van der Waals surface area contributed by atoms with Gasteiger partial charge in [-0.15, -0.1) is 0 Å². The van der Waals surface area contributed by atoms with Gasteiger partial charge in [-0.05, 0) is 6.07 Å². The normalized spacial score (nSPS) is 28.4. The van der Waals surface area contributed by atoms with E-state index in [1.54, 1.807) is 24.3 Å². The van der Waals surface area contributed by atoms with Gasteiger partial charge in [0.1, 0.15) is 0 Å². The van der Waals surface area contributed by atoms with Gasteiger partial charge in [-0.1, -0.05) is 60.7 Å². The molecule has 0 aliphatic carbocycles. The summed E-state index contributed by atoms with van der Waals surface area (Å²) in [5, 5.41) is 0. The second-order valence-electron chi connectivity index (χ2n) is 7.23. The highest BCUT2D eigenvalue weighted by atomic mass is 16.5. The van der Waals surface area contributed by atoms with E-state index in [9.17, 15) is 9.59 Å². The van der Waals surface area contributed by atoms with Gasteiger partial charge >= 0.3 is 0 Å². The number of hydrogen-bond acceptors (Lipinski definition) is 3. The Kier molecular flexibility index (Phi) is 3.54. The number of rotatable bonds is 3. The lowest BCUT2D eigenvalue weighted by molar-refractivity contribution is 0.0653. The van der Waals surface area contributed by atoms with Crippen molar-refractivity contribution in [1.82, 2.24) is 4.90 Å². The highest BCUT2D eigenvalue weighted by Gasteiger charge is 2.51. The molecular weight excluding hydrogens is 326 g/mol. The van der Waals surface area contributed by atoms with Crippen molar-refractivity contribution in [2.75, 3.05) is 13.1 Å². The zero-order chi connectivity index (χ0) is 17.7. The minimum absolute atomic E-state index is 0.0568. The summed E-state index contributed by atoms with van der Waals surface area (Å²) in [6.45, 7) is 1.39. The largest absolute Gasteiger partial charge is 0.366 e. The molecule has 4 atom stereocenters. The minimum Gasteiger partial charge on any atom is -0.366 e. The molecule has 0 saturated carbocycles. The number of fused-ring (bicyclic) bond motifs is 5. The van der Waals surface area contributed by atoms with Crippen LogP contribution in [0.5, 0.6) is 0 Å². The van der Waals surface area contributed by atoms with E-state index < -0.39 is 0 Å². The Morgan fingerprint density at radius 3 is 2.04 bits per heavy atom. The number of amides is 1. The second-order valence-corrected chi connectivity index (χ2v) is 7.23. The van der Waals surface area contributed by atoms with E-state index in [2.05, 4.69) is 12.2 Å². The predicted octanol–water partition coefficient (Wildman–Crippen LogP) is 2.94. The molecule has 2 fully saturated rings. The van der Waals surface area contributed by atoms with Gasteiger partial charge in [-0.2, -0.15) is 0 Å². The first-order valence-electron chi connectivity index (χ1n) is 9.04. The van der Waals surface area contributed by atoms with Crippen molar-refractivity contribution in [2.24, 2.45) is 11.8 Å². The third kappa shape index (κ3) is 2.33. The van der Waals surface area contributed by atoms with Crippen molar-refractivity contribution in [2.45, 2.75) is 12.2 Å². The summed E-state index contributed by atoms with van der Waals surface area (Å²) in [5.74, 6) is 0.592. The van der Waals surface area contributed by atoms with Crippen LogP contribution in [0.25, 0.3) is 0 Å². The lowest BCUT2D eigenvalue weighted by atomic mass is 9.86. The van der Waals surface area contributed by atoms with Crippen LogP contribution >= 0.6 is 0 Å². The molecule has 0 spiro atoms. The predicted molar refractivity (Wildman–Crippen MR) is 97.0 cm³/mol. The summed E-state index contributed by atoms with van der Waals surface area (Å²) in [7, 11) is 0. The lowest BCUT2D eigenvalue weighted by Gasteiger charge is -2.20. The number of hydrogen-bond donors (Lipinski definition) is 0. The van der Waals surface area contributed by atoms with E-state index >= 15 is 0 Å². The highest BCUT2D eigenvalue weighted by molar-refractivity contribution is 6.15. The molecule has 26 heavy (non-hydrogen) atoms. The summed E-state index contributed by atoms with van der Waals surface area (Å²) >= 11 is 0. The van der Waals surface area contributed by atoms with Gasteiger partial charge in [0.25, 0.3) is 5.91 Å². The zero-order valence-electron chi connectivity index (χ0n) is 14.2. The average molecular weight is 345 g/mol. The summed E-state index contributed by atoms with van der Waals surface area (Å²) in [5.41, 5.74) is 1.56. The van der Waals surface area contributed by atoms with Crippen LogP contribution in [0.15, 0.2) is 66.7 Å². The molecule has 0 radical (unpaired) electrons. The highest BCUT2D eigenvalue weighted by Crippen LogP contribution is 2.43. The molecule has 0 N–H and O–H groups in total. The van der Waals surface area contributed by atoms with E-state index in [4.69, 9.17) is 4.74 Å². The Morgan fingerprint density at radius 2 is 1.38 bits per heavy atom. The maximum Gasteiger partial charge on any atom is 0.254 e. The van der Waals surface area contributed by atoms with Crippen LogP contribution in [-0.2, 0) is 4.74 Å². The Labute approximate surface area is 152 Å².